The van der Waals surface area contributed by atoms with Gasteiger partial charge in [-0.3, -0.25) is 0 Å². The van der Waals surface area contributed by atoms with Crippen molar-refractivity contribution >= 4 is 46.5 Å². The van der Waals surface area contributed by atoms with Crippen molar-refractivity contribution in [3.63, 3.8) is 0 Å². The summed E-state index contributed by atoms with van der Waals surface area (Å²) >= 11 is 18.3. The van der Waals surface area contributed by atoms with Gasteiger partial charge in [-0.15, -0.1) is 0 Å². The molecule has 2 fully saturated rings. The van der Waals surface area contributed by atoms with Gasteiger partial charge in [0.1, 0.15) is 23.2 Å². The highest BCUT2D eigenvalue weighted by molar-refractivity contribution is 6.35. The lowest BCUT2D eigenvalue weighted by Crippen LogP contribution is -2.38. The number of hydrogen-bond donors (Lipinski definition) is 3. The number of aromatic hydroxyl groups is 2. The quantitative estimate of drug-likeness (QED) is 0.385. The van der Waals surface area contributed by atoms with E-state index in [1.165, 1.54) is 18.2 Å². The SMILES string of the molecule is CC1(C)C2CCC1(C)C(OC(=O)c1cc(Cl)c(NCc3cc(Cl)cc(Cl)c3O)cc1O)C2. The van der Waals surface area contributed by atoms with Crippen molar-refractivity contribution in [2.24, 2.45) is 16.7 Å². The number of esters is 1. The van der Waals surface area contributed by atoms with Gasteiger partial charge in [-0.1, -0.05) is 55.6 Å². The fraction of sp³-hybridized carbons (Fsp3) is 0.458. The second-order valence-electron chi connectivity index (χ2n) is 9.60. The molecule has 172 valence electrons. The Hall–Kier alpha value is -1.82. The zero-order valence-corrected chi connectivity index (χ0v) is 20.4. The second-order valence-corrected chi connectivity index (χ2v) is 10.9. The van der Waals surface area contributed by atoms with Crippen molar-refractivity contribution < 1.29 is 19.7 Å². The Kier molecular flexibility index (Phi) is 5.98. The van der Waals surface area contributed by atoms with Gasteiger partial charge >= 0.3 is 5.97 Å². The molecule has 3 unspecified atom stereocenters. The molecule has 2 aliphatic rings. The molecule has 3 atom stereocenters. The molecule has 2 bridgehead atoms. The summed E-state index contributed by atoms with van der Waals surface area (Å²) in [5, 5.41) is 24.4. The number of carbonyl (C=O) groups excluding carboxylic acids is 1. The van der Waals surface area contributed by atoms with Gasteiger partial charge in [0.15, 0.2) is 0 Å². The minimum atomic E-state index is -0.579. The van der Waals surface area contributed by atoms with Gasteiger partial charge in [-0.25, -0.2) is 4.79 Å². The van der Waals surface area contributed by atoms with Crippen LogP contribution < -0.4 is 5.32 Å². The monoisotopic (exact) mass is 497 g/mol. The highest BCUT2D eigenvalue weighted by Crippen LogP contribution is 2.66. The van der Waals surface area contributed by atoms with Crippen LogP contribution in [0.4, 0.5) is 5.69 Å². The van der Waals surface area contributed by atoms with E-state index in [4.69, 9.17) is 39.5 Å². The highest BCUT2D eigenvalue weighted by atomic mass is 35.5. The molecule has 8 heteroatoms. The minimum Gasteiger partial charge on any atom is -0.507 e. The zero-order chi connectivity index (χ0) is 23.4. The predicted octanol–water partition coefficient (Wildman–Crippen LogP) is 7.04. The average molecular weight is 499 g/mol. The molecule has 0 heterocycles. The number of rotatable bonds is 5. The molecule has 2 aliphatic carbocycles. The number of hydrogen-bond acceptors (Lipinski definition) is 5. The maximum absolute atomic E-state index is 12.9. The first kappa shape index (κ1) is 23.3. The van der Waals surface area contributed by atoms with Crippen LogP contribution in [0.25, 0.3) is 0 Å². The Morgan fingerprint density at radius 3 is 2.47 bits per heavy atom. The van der Waals surface area contributed by atoms with E-state index < -0.39 is 5.97 Å². The summed E-state index contributed by atoms with van der Waals surface area (Å²) in [6, 6.07) is 5.78. The number of ether oxygens (including phenoxy) is 1. The van der Waals surface area contributed by atoms with Crippen molar-refractivity contribution in [1.29, 1.82) is 0 Å². The van der Waals surface area contributed by atoms with Crippen LogP contribution in [0.1, 0.15) is 56.0 Å². The fourth-order valence-electron chi connectivity index (χ4n) is 5.31. The third kappa shape index (κ3) is 3.78. The number of carbonyl (C=O) groups is 1. The van der Waals surface area contributed by atoms with E-state index in [1.54, 1.807) is 6.07 Å². The van der Waals surface area contributed by atoms with E-state index in [0.29, 0.717) is 22.2 Å². The molecule has 0 saturated heterocycles. The van der Waals surface area contributed by atoms with Gasteiger partial charge in [0.2, 0.25) is 0 Å². The zero-order valence-electron chi connectivity index (χ0n) is 18.1. The normalized spacial score (nSPS) is 25.7. The van der Waals surface area contributed by atoms with E-state index in [-0.39, 0.29) is 50.6 Å². The summed E-state index contributed by atoms with van der Waals surface area (Å²) in [7, 11) is 0. The number of benzene rings is 2. The van der Waals surface area contributed by atoms with Crippen molar-refractivity contribution in [2.45, 2.75) is 52.7 Å². The van der Waals surface area contributed by atoms with Gasteiger partial charge in [0.25, 0.3) is 0 Å². The van der Waals surface area contributed by atoms with Gasteiger partial charge in [-0.2, -0.15) is 0 Å². The van der Waals surface area contributed by atoms with Gasteiger partial charge in [-0.05, 0) is 48.8 Å². The lowest BCUT2D eigenvalue weighted by atomic mass is 9.70. The lowest BCUT2D eigenvalue weighted by molar-refractivity contribution is -0.0244. The van der Waals surface area contributed by atoms with Crippen LogP contribution in [0.5, 0.6) is 11.5 Å². The molecule has 0 radical (unpaired) electrons. The molecular formula is C24H26Cl3NO4. The van der Waals surface area contributed by atoms with Gasteiger partial charge in [0, 0.05) is 28.6 Å². The first-order valence-corrected chi connectivity index (χ1v) is 11.7. The Balaban J connectivity index is 1.49. The molecule has 0 aliphatic heterocycles. The van der Waals surface area contributed by atoms with Crippen LogP contribution in [0.15, 0.2) is 24.3 Å². The summed E-state index contributed by atoms with van der Waals surface area (Å²) in [4.78, 5) is 12.9. The van der Waals surface area contributed by atoms with E-state index in [1.807, 2.05) is 0 Å². The van der Waals surface area contributed by atoms with Crippen molar-refractivity contribution in [3.8, 4) is 11.5 Å². The number of halogens is 3. The first-order valence-electron chi connectivity index (χ1n) is 10.6. The number of anilines is 1. The standard InChI is InChI=1S/C24H26Cl3NO4/c1-23(2)13-4-5-24(23,3)20(7-13)32-22(31)15-9-16(26)18(10-19(15)29)28-11-12-6-14(25)8-17(27)21(12)30/h6,8-10,13,20,28-30H,4-5,7,11H2,1-3H3. The van der Waals surface area contributed by atoms with Crippen molar-refractivity contribution in [2.75, 3.05) is 5.32 Å². The molecule has 2 saturated carbocycles. The summed E-state index contributed by atoms with van der Waals surface area (Å²) in [5.74, 6) is -0.371. The Morgan fingerprint density at radius 1 is 1.12 bits per heavy atom. The van der Waals surface area contributed by atoms with E-state index in [2.05, 4.69) is 26.1 Å². The Labute approximate surface area is 202 Å². The average Bonchev–Trinajstić information content (AvgIpc) is 3.05. The molecule has 4 rings (SSSR count). The second kappa shape index (κ2) is 8.19. The number of phenolic OH excluding ortho intramolecular Hbond substituents is 2. The largest absolute Gasteiger partial charge is 0.507 e. The summed E-state index contributed by atoms with van der Waals surface area (Å²) in [6.07, 6.45) is 2.84. The van der Waals surface area contributed by atoms with Crippen LogP contribution in [0, 0.1) is 16.7 Å². The van der Waals surface area contributed by atoms with E-state index in [9.17, 15) is 15.0 Å². The first-order chi connectivity index (χ1) is 14.9. The molecule has 0 aromatic heterocycles. The highest BCUT2D eigenvalue weighted by Gasteiger charge is 2.62. The topological polar surface area (TPSA) is 78.8 Å². The number of fused-ring (bicyclic) bond motifs is 2. The molecule has 3 N–H and O–H groups in total. The van der Waals surface area contributed by atoms with Crippen LogP contribution in [0.3, 0.4) is 0 Å². The van der Waals surface area contributed by atoms with Crippen LogP contribution in [-0.4, -0.2) is 22.3 Å². The summed E-state index contributed by atoms with van der Waals surface area (Å²) in [5.41, 5.74) is 0.922. The Morgan fingerprint density at radius 2 is 1.84 bits per heavy atom. The van der Waals surface area contributed by atoms with Crippen LogP contribution in [-0.2, 0) is 11.3 Å². The van der Waals surface area contributed by atoms with E-state index in [0.717, 1.165) is 19.3 Å². The van der Waals surface area contributed by atoms with Gasteiger partial charge < -0.3 is 20.3 Å². The third-order valence-corrected chi connectivity index (χ3v) is 8.66. The van der Waals surface area contributed by atoms with E-state index >= 15 is 0 Å². The molecule has 5 nitrogen and oxygen atoms in total. The van der Waals surface area contributed by atoms with Gasteiger partial charge in [0.05, 0.1) is 15.7 Å². The van der Waals surface area contributed by atoms with Crippen LogP contribution in [0.2, 0.25) is 15.1 Å². The molecule has 2 aromatic rings. The lowest BCUT2D eigenvalue weighted by Gasteiger charge is -2.38. The molecular weight excluding hydrogens is 473 g/mol. The minimum absolute atomic E-state index is 0.0263. The molecule has 0 amide bonds. The summed E-state index contributed by atoms with van der Waals surface area (Å²) < 4.78 is 5.88. The number of phenols is 2. The van der Waals surface area contributed by atoms with Crippen molar-refractivity contribution in [1.82, 2.24) is 0 Å². The Bertz CT molecular complexity index is 1090. The summed E-state index contributed by atoms with van der Waals surface area (Å²) in [6.45, 7) is 6.84. The number of nitrogens with one attached hydrogen (secondary N) is 1. The maximum atomic E-state index is 12.9. The molecule has 2 aromatic carbocycles. The fourth-order valence-corrected chi connectivity index (χ4v) is 6.07. The smallest absolute Gasteiger partial charge is 0.342 e. The molecule has 32 heavy (non-hydrogen) atoms. The van der Waals surface area contributed by atoms with Crippen LogP contribution >= 0.6 is 34.8 Å². The predicted molar refractivity (Wildman–Crippen MR) is 127 cm³/mol. The third-order valence-electron chi connectivity index (χ3n) is 7.84. The van der Waals surface area contributed by atoms with Crippen molar-refractivity contribution in [3.05, 3.63) is 50.5 Å². The maximum Gasteiger partial charge on any atom is 0.342 e. The molecule has 0 spiro atoms.